The molecule has 0 saturated carbocycles. The number of rotatable bonds is 3. The Morgan fingerprint density at radius 2 is 2.21 bits per heavy atom. The van der Waals surface area contributed by atoms with E-state index >= 15 is 0 Å². The van der Waals surface area contributed by atoms with E-state index in [1.54, 1.807) is 4.90 Å². The molecule has 0 unspecified atom stereocenters. The van der Waals surface area contributed by atoms with Crippen molar-refractivity contribution in [2.24, 2.45) is 0 Å². The molecule has 1 aromatic carbocycles. The van der Waals surface area contributed by atoms with E-state index in [-0.39, 0.29) is 5.91 Å². The third-order valence-corrected chi connectivity index (χ3v) is 3.03. The zero-order chi connectivity index (χ0) is 10.6. The minimum absolute atomic E-state index is 0.0965. The molecule has 76 valence electrons. The fourth-order valence-corrected chi connectivity index (χ4v) is 1.63. The number of carbonyl (C=O) groups excluding carboxylic acids is 1. The molecule has 0 aromatic heterocycles. The first-order valence-electron chi connectivity index (χ1n) is 4.59. The van der Waals surface area contributed by atoms with Gasteiger partial charge in [0.1, 0.15) is 0 Å². The van der Waals surface area contributed by atoms with Crippen LogP contribution < -0.4 is 0 Å². The summed E-state index contributed by atoms with van der Waals surface area (Å²) in [5.74, 6) is 0.0965. The molecule has 2 nitrogen and oxygen atoms in total. The minimum atomic E-state index is 0.0965. The average molecular weight is 303 g/mol. The van der Waals surface area contributed by atoms with Gasteiger partial charge in [-0.3, -0.25) is 4.79 Å². The van der Waals surface area contributed by atoms with Crippen LogP contribution in [-0.2, 0) is 4.43 Å². The van der Waals surface area contributed by atoms with Crippen molar-refractivity contribution in [3.8, 4) is 0 Å². The van der Waals surface area contributed by atoms with Gasteiger partial charge in [-0.25, -0.2) is 0 Å². The zero-order valence-corrected chi connectivity index (χ0v) is 10.6. The second-order valence-electron chi connectivity index (χ2n) is 3.15. The molecule has 0 bridgehead atoms. The number of alkyl halides is 1. The van der Waals surface area contributed by atoms with Gasteiger partial charge in [0.2, 0.25) is 0 Å². The maximum Gasteiger partial charge on any atom is 0.253 e. The summed E-state index contributed by atoms with van der Waals surface area (Å²) >= 11 is 2.30. The van der Waals surface area contributed by atoms with Crippen molar-refractivity contribution in [1.82, 2.24) is 4.90 Å². The number of hydrogen-bond acceptors (Lipinski definition) is 1. The second kappa shape index (κ2) is 5.34. The molecule has 0 aliphatic carbocycles. The highest BCUT2D eigenvalue weighted by Gasteiger charge is 2.09. The van der Waals surface area contributed by atoms with Crippen molar-refractivity contribution < 1.29 is 4.79 Å². The third kappa shape index (κ3) is 2.70. The predicted octanol–water partition coefficient (Wildman–Crippen LogP) is 2.71. The molecule has 1 aromatic rings. The van der Waals surface area contributed by atoms with Crippen LogP contribution >= 0.6 is 22.6 Å². The lowest BCUT2D eigenvalue weighted by atomic mass is 10.1. The summed E-state index contributed by atoms with van der Waals surface area (Å²) in [5, 5.41) is 0. The van der Waals surface area contributed by atoms with Gasteiger partial charge >= 0.3 is 0 Å². The first-order chi connectivity index (χ1) is 6.69. The van der Waals surface area contributed by atoms with Gasteiger partial charge in [-0.15, -0.1) is 0 Å². The van der Waals surface area contributed by atoms with Crippen molar-refractivity contribution in [2.75, 3.05) is 13.6 Å². The third-order valence-electron chi connectivity index (χ3n) is 2.15. The van der Waals surface area contributed by atoms with E-state index in [1.807, 2.05) is 38.2 Å². The second-order valence-corrected chi connectivity index (χ2v) is 3.92. The van der Waals surface area contributed by atoms with Gasteiger partial charge in [0.05, 0.1) is 0 Å². The molecule has 0 N–H and O–H groups in total. The molecule has 0 aliphatic heterocycles. The largest absolute Gasteiger partial charge is 0.342 e. The highest BCUT2D eigenvalue weighted by molar-refractivity contribution is 14.1. The summed E-state index contributed by atoms with van der Waals surface area (Å²) in [6.45, 7) is 2.72. The van der Waals surface area contributed by atoms with E-state index in [9.17, 15) is 4.79 Å². The van der Waals surface area contributed by atoms with Crippen LogP contribution in [0.15, 0.2) is 24.3 Å². The van der Waals surface area contributed by atoms with Crippen LogP contribution in [0, 0.1) is 0 Å². The van der Waals surface area contributed by atoms with Gasteiger partial charge in [0.15, 0.2) is 0 Å². The van der Waals surface area contributed by atoms with Crippen molar-refractivity contribution in [2.45, 2.75) is 11.4 Å². The average Bonchev–Trinajstić information content (AvgIpc) is 2.27. The van der Waals surface area contributed by atoms with Crippen LogP contribution in [0.3, 0.4) is 0 Å². The first-order valence-corrected chi connectivity index (χ1v) is 6.12. The fraction of sp³-hybridized carbons (Fsp3) is 0.364. The molecule has 0 radical (unpaired) electrons. The molecular formula is C11H14INO. The summed E-state index contributed by atoms with van der Waals surface area (Å²) in [4.78, 5) is 13.5. The Balaban J connectivity index is 2.90. The molecule has 0 spiro atoms. The quantitative estimate of drug-likeness (QED) is 0.621. The Bertz CT molecular complexity index is 325. The zero-order valence-electron chi connectivity index (χ0n) is 8.46. The van der Waals surface area contributed by atoms with Gasteiger partial charge in [-0.05, 0) is 24.6 Å². The molecule has 0 heterocycles. The number of carbonyl (C=O) groups is 1. The molecular weight excluding hydrogens is 289 g/mol. The molecule has 0 atom stereocenters. The maximum absolute atomic E-state index is 11.8. The summed E-state index contributed by atoms with van der Waals surface area (Å²) in [7, 11) is 1.82. The lowest BCUT2D eigenvalue weighted by Crippen LogP contribution is -2.26. The Morgan fingerprint density at radius 3 is 2.79 bits per heavy atom. The van der Waals surface area contributed by atoms with E-state index in [1.165, 1.54) is 5.56 Å². The van der Waals surface area contributed by atoms with E-state index in [0.29, 0.717) is 0 Å². The van der Waals surface area contributed by atoms with Crippen LogP contribution in [0.4, 0.5) is 0 Å². The Hall–Kier alpha value is -0.580. The fourth-order valence-electron chi connectivity index (χ4n) is 1.15. The first kappa shape index (κ1) is 11.5. The van der Waals surface area contributed by atoms with Crippen LogP contribution in [-0.4, -0.2) is 24.4 Å². The van der Waals surface area contributed by atoms with Crippen LogP contribution in [0.25, 0.3) is 0 Å². The van der Waals surface area contributed by atoms with Gasteiger partial charge in [-0.1, -0.05) is 34.7 Å². The van der Waals surface area contributed by atoms with E-state index in [4.69, 9.17) is 0 Å². The number of halogens is 1. The SMILES string of the molecule is CCN(C)C(=O)c1cccc(CI)c1. The van der Waals surface area contributed by atoms with E-state index in [0.717, 1.165) is 16.5 Å². The van der Waals surface area contributed by atoms with Gasteiger partial charge in [0.25, 0.3) is 5.91 Å². The molecule has 1 rings (SSSR count). The number of amides is 1. The van der Waals surface area contributed by atoms with Crippen LogP contribution in [0.2, 0.25) is 0 Å². The van der Waals surface area contributed by atoms with Gasteiger partial charge < -0.3 is 4.90 Å². The Labute approximate surface area is 98.4 Å². The van der Waals surface area contributed by atoms with Crippen LogP contribution in [0.1, 0.15) is 22.8 Å². The number of hydrogen-bond donors (Lipinski definition) is 0. The minimum Gasteiger partial charge on any atom is -0.342 e. The lowest BCUT2D eigenvalue weighted by molar-refractivity contribution is 0.0802. The number of nitrogens with zero attached hydrogens (tertiary/aromatic N) is 1. The van der Waals surface area contributed by atoms with Crippen molar-refractivity contribution in [3.63, 3.8) is 0 Å². The van der Waals surface area contributed by atoms with Crippen LogP contribution in [0.5, 0.6) is 0 Å². The standard InChI is InChI=1S/C11H14INO/c1-3-13(2)11(14)10-6-4-5-9(7-10)8-12/h4-7H,3,8H2,1-2H3. The molecule has 0 saturated heterocycles. The highest BCUT2D eigenvalue weighted by Crippen LogP contribution is 2.10. The van der Waals surface area contributed by atoms with E-state index < -0.39 is 0 Å². The summed E-state index contributed by atoms with van der Waals surface area (Å²) in [5.41, 5.74) is 1.98. The monoisotopic (exact) mass is 303 g/mol. The summed E-state index contributed by atoms with van der Waals surface area (Å²) in [6.07, 6.45) is 0. The molecule has 0 aliphatic rings. The topological polar surface area (TPSA) is 20.3 Å². The smallest absolute Gasteiger partial charge is 0.253 e. The lowest BCUT2D eigenvalue weighted by Gasteiger charge is -2.14. The maximum atomic E-state index is 11.8. The molecule has 1 amide bonds. The molecule has 0 fully saturated rings. The highest BCUT2D eigenvalue weighted by atomic mass is 127. The summed E-state index contributed by atoms with van der Waals surface area (Å²) in [6, 6.07) is 7.80. The number of benzene rings is 1. The van der Waals surface area contributed by atoms with Gasteiger partial charge in [0, 0.05) is 23.6 Å². The Kier molecular flexibility index (Phi) is 4.38. The normalized spacial score (nSPS) is 9.93. The molecule has 3 heteroatoms. The van der Waals surface area contributed by atoms with Crippen molar-refractivity contribution in [3.05, 3.63) is 35.4 Å². The van der Waals surface area contributed by atoms with E-state index in [2.05, 4.69) is 22.6 Å². The van der Waals surface area contributed by atoms with Crippen molar-refractivity contribution in [1.29, 1.82) is 0 Å². The molecule has 14 heavy (non-hydrogen) atoms. The van der Waals surface area contributed by atoms with Gasteiger partial charge in [-0.2, -0.15) is 0 Å². The Morgan fingerprint density at radius 1 is 1.50 bits per heavy atom. The van der Waals surface area contributed by atoms with Crippen molar-refractivity contribution >= 4 is 28.5 Å². The summed E-state index contributed by atoms with van der Waals surface area (Å²) < 4.78 is 0.939. The predicted molar refractivity (Wildman–Crippen MR) is 66.8 cm³/mol.